The molecule has 2 nitrogen and oxygen atoms in total. The van der Waals surface area contributed by atoms with Gasteiger partial charge >= 0.3 is 0 Å². The van der Waals surface area contributed by atoms with Crippen molar-refractivity contribution in [2.24, 2.45) is 5.92 Å². The summed E-state index contributed by atoms with van der Waals surface area (Å²) in [6.45, 7) is 6.14. The minimum absolute atomic E-state index is 0.0156. The van der Waals surface area contributed by atoms with Crippen LogP contribution in [0.5, 0.6) is 0 Å². The van der Waals surface area contributed by atoms with E-state index < -0.39 is 6.10 Å². The van der Waals surface area contributed by atoms with Crippen LogP contribution in [-0.4, -0.2) is 22.9 Å². The summed E-state index contributed by atoms with van der Waals surface area (Å²) in [4.78, 5) is 0. The van der Waals surface area contributed by atoms with Crippen LogP contribution in [0.4, 0.5) is 0 Å². The summed E-state index contributed by atoms with van der Waals surface area (Å²) in [5.74, 6) is 0.643. The molecule has 0 heterocycles. The molecule has 0 fully saturated rings. The Labute approximate surface area is 97.9 Å². The number of rotatable bonds is 5. The minimum Gasteiger partial charge on any atom is -0.394 e. The van der Waals surface area contributed by atoms with Crippen molar-refractivity contribution in [3.63, 3.8) is 0 Å². The smallest absolute Gasteiger partial charge is 0.0836 e. The second-order valence-electron chi connectivity index (χ2n) is 4.88. The predicted octanol–water partition coefficient (Wildman–Crippen LogP) is 2.34. The van der Waals surface area contributed by atoms with Gasteiger partial charge in [0, 0.05) is 5.92 Å². The van der Waals surface area contributed by atoms with Crippen LogP contribution in [0.25, 0.3) is 0 Å². The van der Waals surface area contributed by atoms with Crippen LogP contribution in [0.2, 0.25) is 0 Å². The highest BCUT2D eigenvalue weighted by molar-refractivity contribution is 5.26. The minimum atomic E-state index is -0.670. The highest BCUT2D eigenvalue weighted by atomic mass is 16.3. The van der Waals surface area contributed by atoms with E-state index in [4.69, 9.17) is 5.11 Å². The van der Waals surface area contributed by atoms with Crippen LogP contribution >= 0.6 is 0 Å². The van der Waals surface area contributed by atoms with E-state index in [2.05, 4.69) is 26.0 Å². The van der Waals surface area contributed by atoms with Gasteiger partial charge in [-0.2, -0.15) is 0 Å². The third-order valence-electron chi connectivity index (χ3n) is 2.91. The van der Waals surface area contributed by atoms with Crippen molar-refractivity contribution in [3.05, 3.63) is 35.4 Å². The van der Waals surface area contributed by atoms with Crippen molar-refractivity contribution in [1.82, 2.24) is 0 Å². The molecule has 0 aromatic heterocycles. The van der Waals surface area contributed by atoms with Gasteiger partial charge in [-0.05, 0) is 23.5 Å². The quantitative estimate of drug-likeness (QED) is 0.803. The van der Waals surface area contributed by atoms with Crippen LogP contribution in [0.3, 0.4) is 0 Å². The number of hydrogen-bond donors (Lipinski definition) is 2. The third-order valence-corrected chi connectivity index (χ3v) is 2.91. The lowest BCUT2D eigenvalue weighted by molar-refractivity contribution is 0.0772. The summed E-state index contributed by atoms with van der Waals surface area (Å²) in [5.41, 5.74) is 2.40. The van der Waals surface area contributed by atoms with Crippen LogP contribution in [-0.2, 0) is 6.42 Å². The zero-order valence-electron chi connectivity index (χ0n) is 10.4. The van der Waals surface area contributed by atoms with E-state index in [0.717, 1.165) is 12.0 Å². The van der Waals surface area contributed by atoms with Crippen LogP contribution in [0, 0.1) is 5.92 Å². The van der Waals surface area contributed by atoms with Crippen molar-refractivity contribution >= 4 is 0 Å². The van der Waals surface area contributed by atoms with E-state index in [1.807, 2.05) is 19.1 Å². The van der Waals surface area contributed by atoms with Gasteiger partial charge in [0.05, 0.1) is 12.7 Å². The monoisotopic (exact) mass is 222 g/mol. The predicted molar refractivity (Wildman–Crippen MR) is 66.5 cm³/mol. The fourth-order valence-electron chi connectivity index (χ4n) is 1.81. The maximum atomic E-state index is 9.54. The summed E-state index contributed by atoms with van der Waals surface area (Å²) >= 11 is 0. The van der Waals surface area contributed by atoms with Gasteiger partial charge in [-0.3, -0.25) is 0 Å². The first-order valence-electron chi connectivity index (χ1n) is 5.92. The molecule has 0 unspecified atom stereocenters. The lowest BCUT2D eigenvalue weighted by atomic mass is 9.93. The van der Waals surface area contributed by atoms with E-state index in [1.54, 1.807) is 0 Å². The molecule has 0 aliphatic heterocycles. The molecule has 1 aromatic carbocycles. The Hall–Kier alpha value is -0.860. The Morgan fingerprint density at radius 1 is 1.06 bits per heavy atom. The number of benzene rings is 1. The Morgan fingerprint density at radius 2 is 1.62 bits per heavy atom. The van der Waals surface area contributed by atoms with E-state index in [9.17, 15) is 5.11 Å². The third kappa shape index (κ3) is 3.62. The summed E-state index contributed by atoms with van der Waals surface area (Å²) in [6.07, 6.45) is 0.410. The average molecular weight is 222 g/mol. The molecule has 0 saturated carbocycles. The van der Waals surface area contributed by atoms with Gasteiger partial charge in [0.2, 0.25) is 0 Å². The molecule has 0 radical (unpaired) electrons. The highest BCUT2D eigenvalue weighted by Crippen LogP contribution is 2.20. The number of aliphatic hydroxyl groups is 2. The van der Waals surface area contributed by atoms with Crippen molar-refractivity contribution in [1.29, 1.82) is 0 Å². The largest absolute Gasteiger partial charge is 0.394 e. The summed E-state index contributed by atoms with van der Waals surface area (Å²) in [5, 5.41) is 18.4. The second kappa shape index (κ2) is 6.02. The topological polar surface area (TPSA) is 40.5 Å². The molecule has 0 bridgehead atoms. The molecular weight excluding hydrogens is 200 g/mol. The molecular formula is C14H22O2. The molecule has 16 heavy (non-hydrogen) atoms. The molecule has 90 valence electrons. The van der Waals surface area contributed by atoms with Gasteiger partial charge < -0.3 is 10.2 Å². The average Bonchev–Trinajstić information content (AvgIpc) is 2.27. The van der Waals surface area contributed by atoms with E-state index in [1.165, 1.54) is 5.56 Å². The van der Waals surface area contributed by atoms with E-state index >= 15 is 0 Å². The molecule has 0 aliphatic rings. The summed E-state index contributed by atoms with van der Waals surface area (Å²) < 4.78 is 0. The first-order chi connectivity index (χ1) is 7.54. The lowest BCUT2D eigenvalue weighted by Crippen LogP contribution is -2.19. The molecule has 0 aliphatic carbocycles. The molecule has 2 heteroatoms. The van der Waals surface area contributed by atoms with Crippen LogP contribution in [0.1, 0.15) is 37.8 Å². The Bertz CT molecular complexity index is 303. The van der Waals surface area contributed by atoms with Gasteiger partial charge in [-0.15, -0.1) is 0 Å². The summed E-state index contributed by atoms with van der Waals surface area (Å²) in [6, 6.07) is 8.30. The lowest BCUT2D eigenvalue weighted by Gasteiger charge is -2.17. The number of hydrogen-bond acceptors (Lipinski definition) is 2. The van der Waals surface area contributed by atoms with Gasteiger partial charge in [-0.25, -0.2) is 0 Å². The molecule has 1 rings (SSSR count). The standard InChI is InChI=1S/C14H22O2/c1-10(2)8-12-4-6-13(7-5-12)11(3)14(16)9-15/h4-7,10-11,14-16H,8-9H2,1-3H3/t11-,14-/m0/s1. The Balaban J connectivity index is 2.70. The Kier molecular flexibility index (Phi) is 4.97. The highest BCUT2D eigenvalue weighted by Gasteiger charge is 2.14. The Morgan fingerprint density at radius 3 is 2.06 bits per heavy atom. The molecule has 2 atom stereocenters. The molecule has 0 saturated heterocycles. The first-order valence-corrected chi connectivity index (χ1v) is 5.92. The normalized spacial score (nSPS) is 15.1. The molecule has 0 spiro atoms. The maximum absolute atomic E-state index is 9.54. The molecule has 1 aromatic rings. The van der Waals surface area contributed by atoms with Crippen LogP contribution < -0.4 is 0 Å². The van der Waals surface area contributed by atoms with Crippen molar-refractivity contribution in [3.8, 4) is 0 Å². The second-order valence-corrected chi connectivity index (χ2v) is 4.88. The van der Waals surface area contributed by atoms with Crippen molar-refractivity contribution in [2.45, 2.75) is 39.2 Å². The zero-order chi connectivity index (χ0) is 12.1. The van der Waals surface area contributed by atoms with Gasteiger partial charge in [0.1, 0.15) is 0 Å². The number of aliphatic hydroxyl groups excluding tert-OH is 2. The van der Waals surface area contributed by atoms with Crippen LogP contribution in [0.15, 0.2) is 24.3 Å². The maximum Gasteiger partial charge on any atom is 0.0836 e. The van der Waals surface area contributed by atoms with Crippen molar-refractivity contribution in [2.75, 3.05) is 6.61 Å². The SMILES string of the molecule is CC(C)Cc1ccc([C@H](C)[C@@H](O)CO)cc1. The fourth-order valence-corrected chi connectivity index (χ4v) is 1.81. The first kappa shape index (κ1) is 13.2. The van der Waals surface area contributed by atoms with E-state index in [0.29, 0.717) is 5.92 Å². The molecule has 0 amide bonds. The van der Waals surface area contributed by atoms with Crippen molar-refractivity contribution < 1.29 is 10.2 Å². The van der Waals surface area contributed by atoms with Gasteiger partial charge in [-0.1, -0.05) is 45.0 Å². The fraction of sp³-hybridized carbons (Fsp3) is 0.571. The van der Waals surface area contributed by atoms with Gasteiger partial charge in [0.15, 0.2) is 0 Å². The van der Waals surface area contributed by atoms with E-state index in [-0.39, 0.29) is 12.5 Å². The summed E-state index contributed by atoms with van der Waals surface area (Å²) in [7, 11) is 0. The molecule has 2 N–H and O–H groups in total. The van der Waals surface area contributed by atoms with Gasteiger partial charge in [0.25, 0.3) is 0 Å². The zero-order valence-corrected chi connectivity index (χ0v) is 10.4.